The fourth-order valence-corrected chi connectivity index (χ4v) is 2.64. The molecule has 0 aromatic rings. The van der Waals surface area contributed by atoms with E-state index in [2.05, 4.69) is 31.2 Å². The molecule has 1 heterocycles. The van der Waals surface area contributed by atoms with Crippen molar-refractivity contribution in [2.24, 2.45) is 15.2 Å². The maximum absolute atomic E-state index is 13.1. The Morgan fingerprint density at radius 1 is 0.848 bits per heavy atom. The van der Waals surface area contributed by atoms with E-state index >= 15 is 0 Å². The van der Waals surface area contributed by atoms with Gasteiger partial charge in [-0.05, 0) is 20.8 Å². The van der Waals surface area contributed by atoms with Crippen LogP contribution >= 0.6 is 0 Å². The predicted molar refractivity (Wildman–Crippen MR) is 117 cm³/mol. The van der Waals surface area contributed by atoms with Gasteiger partial charge < -0.3 is 46.6 Å². The molecule has 0 bridgehead atoms. The van der Waals surface area contributed by atoms with Gasteiger partial charge in [0.25, 0.3) is 5.91 Å². The van der Waals surface area contributed by atoms with Crippen molar-refractivity contribution in [2.75, 3.05) is 52.7 Å². The minimum atomic E-state index is -1.70. The summed E-state index contributed by atoms with van der Waals surface area (Å²) in [5, 5.41) is 72.8. The van der Waals surface area contributed by atoms with E-state index in [0.717, 1.165) is 0 Å². The van der Waals surface area contributed by atoms with E-state index in [-0.39, 0.29) is 6.42 Å². The molecule has 0 aromatic heterocycles. The van der Waals surface area contributed by atoms with Gasteiger partial charge in [0, 0.05) is 13.0 Å². The minimum absolute atomic E-state index is 0.0493. The molecular formula is C19H36N6O8. The summed E-state index contributed by atoms with van der Waals surface area (Å²) in [6.07, 6.45) is -0.0493. The molecule has 0 aliphatic carbocycles. The summed E-state index contributed by atoms with van der Waals surface area (Å²) in [5.41, 5.74) is -6.61. The normalized spacial score (nSPS) is 16.8. The van der Waals surface area contributed by atoms with Crippen LogP contribution in [-0.2, 0) is 9.59 Å². The third-order valence-corrected chi connectivity index (χ3v) is 5.39. The van der Waals surface area contributed by atoms with Gasteiger partial charge in [0.1, 0.15) is 11.1 Å². The third kappa shape index (κ3) is 7.12. The second kappa shape index (κ2) is 11.8. The molecule has 0 spiro atoms. The SMILES string of the molecule is CC(C)(N=NC(C)(CC1=NCCN1)C(=O)NC(CO)(CO)CO)C(=O)NC(CO)(CO)CO. The number of azo groups is 1. The fraction of sp³-hybridized carbons (Fsp3) is 0.842. The highest BCUT2D eigenvalue weighted by molar-refractivity contribution is 5.95. The first kappa shape index (κ1) is 28.8. The molecule has 14 heteroatoms. The second-order valence-corrected chi connectivity index (χ2v) is 8.88. The molecule has 33 heavy (non-hydrogen) atoms. The van der Waals surface area contributed by atoms with Crippen molar-refractivity contribution in [3.05, 3.63) is 0 Å². The monoisotopic (exact) mass is 476 g/mol. The van der Waals surface area contributed by atoms with Crippen LogP contribution in [0.25, 0.3) is 0 Å². The first-order valence-electron chi connectivity index (χ1n) is 10.4. The van der Waals surface area contributed by atoms with E-state index in [4.69, 9.17) is 0 Å². The van der Waals surface area contributed by atoms with Crippen LogP contribution in [-0.4, -0.2) is 123 Å². The van der Waals surface area contributed by atoms with Gasteiger partial charge in [-0.2, -0.15) is 10.2 Å². The summed E-state index contributed by atoms with van der Waals surface area (Å²) in [5.74, 6) is -1.10. The lowest BCUT2D eigenvalue weighted by molar-refractivity contribution is -0.131. The first-order valence-corrected chi connectivity index (χ1v) is 10.4. The van der Waals surface area contributed by atoms with Gasteiger partial charge in [-0.15, -0.1) is 0 Å². The number of carbonyl (C=O) groups excluding carboxylic acids is 2. The standard InChI is InChI=1S/C19H36N6O8/c1-16(2,14(32)22-18(7-26,8-27)9-28)24-25-17(3,6-13-20-4-5-21-13)15(33)23-19(10-29,11-30)12-31/h26-31H,4-12H2,1-3H3,(H,20,21)(H,22,32)(H,23,33). The number of amides is 2. The number of nitrogens with one attached hydrogen (secondary N) is 3. The Morgan fingerprint density at radius 2 is 1.30 bits per heavy atom. The van der Waals surface area contributed by atoms with Gasteiger partial charge in [0.2, 0.25) is 5.91 Å². The van der Waals surface area contributed by atoms with Crippen LogP contribution in [0.5, 0.6) is 0 Å². The summed E-state index contributed by atoms with van der Waals surface area (Å²) >= 11 is 0. The van der Waals surface area contributed by atoms with Gasteiger partial charge in [-0.1, -0.05) is 0 Å². The molecule has 1 aliphatic rings. The smallest absolute Gasteiger partial charge is 0.250 e. The van der Waals surface area contributed by atoms with Crippen molar-refractivity contribution in [1.82, 2.24) is 16.0 Å². The maximum atomic E-state index is 13.1. The molecule has 14 nitrogen and oxygen atoms in total. The van der Waals surface area contributed by atoms with E-state index in [0.29, 0.717) is 18.9 Å². The lowest BCUT2D eigenvalue weighted by Gasteiger charge is -2.34. The number of aliphatic hydroxyl groups is 6. The quantitative estimate of drug-likeness (QED) is 0.111. The van der Waals surface area contributed by atoms with Crippen LogP contribution in [0, 0.1) is 0 Å². The Morgan fingerprint density at radius 3 is 1.70 bits per heavy atom. The lowest BCUT2D eigenvalue weighted by Crippen LogP contribution is -2.62. The minimum Gasteiger partial charge on any atom is -0.394 e. The van der Waals surface area contributed by atoms with Gasteiger partial charge in [-0.3, -0.25) is 14.6 Å². The molecular weight excluding hydrogens is 440 g/mol. The molecule has 2 amide bonds. The number of hydrogen-bond acceptors (Lipinski definition) is 12. The zero-order valence-electron chi connectivity index (χ0n) is 19.2. The summed E-state index contributed by atoms with van der Waals surface area (Å²) in [6.45, 7) is 0.848. The summed E-state index contributed by atoms with van der Waals surface area (Å²) in [7, 11) is 0. The van der Waals surface area contributed by atoms with Gasteiger partial charge in [-0.25, -0.2) is 0 Å². The average molecular weight is 477 g/mol. The first-order chi connectivity index (χ1) is 15.4. The molecule has 1 atom stereocenters. The predicted octanol–water partition coefficient (Wildman–Crippen LogP) is -3.97. The number of aliphatic imine (C=N–C) groups is 1. The van der Waals surface area contributed by atoms with Crippen LogP contribution in [0.15, 0.2) is 15.2 Å². The molecule has 0 aromatic carbocycles. The average Bonchev–Trinajstić information content (AvgIpc) is 3.32. The van der Waals surface area contributed by atoms with Crippen LogP contribution < -0.4 is 16.0 Å². The molecule has 190 valence electrons. The van der Waals surface area contributed by atoms with Gasteiger partial charge in [0.15, 0.2) is 11.1 Å². The molecule has 1 rings (SSSR count). The molecule has 0 fully saturated rings. The molecule has 0 saturated carbocycles. The largest absolute Gasteiger partial charge is 0.394 e. The van der Waals surface area contributed by atoms with E-state index in [1.165, 1.54) is 20.8 Å². The van der Waals surface area contributed by atoms with Crippen molar-refractivity contribution in [1.29, 1.82) is 0 Å². The topological polar surface area (TPSA) is 229 Å². The highest BCUT2D eigenvalue weighted by Crippen LogP contribution is 2.23. The number of rotatable bonds is 14. The number of hydrogen-bond donors (Lipinski definition) is 9. The van der Waals surface area contributed by atoms with Crippen molar-refractivity contribution in [3.63, 3.8) is 0 Å². The van der Waals surface area contributed by atoms with E-state index < -0.39 is 73.6 Å². The van der Waals surface area contributed by atoms with Crippen molar-refractivity contribution >= 4 is 17.6 Å². The molecule has 9 N–H and O–H groups in total. The Hall–Kier alpha value is -2.23. The molecule has 0 saturated heterocycles. The highest BCUT2D eigenvalue weighted by Gasteiger charge is 2.42. The maximum Gasteiger partial charge on any atom is 0.250 e. The number of carbonyl (C=O) groups is 2. The molecule has 1 aliphatic heterocycles. The Balaban J connectivity index is 3.23. The lowest BCUT2D eigenvalue weighted by atomic mass is 9.93. The van der Waals surface area contributed by atoms with E-state index in [9.17, 15) is 40.2 Å². The zero-order valence-corrected chi connectivity index (χ0v) is 19.2. The fourth-order valence-electron chi connectivity index (χ4n) is 2.64. The Bertz CT molecular complexity index is 719. The van der Waals surface area contributed by atoms with E-state index in [1.807, 2.05) is 0 Å². The van der Waals surface area contributed by atoms with Crippen LogP contribution in [0.3, 0.4) is 0 Å². The van der Waals surface area contributed by atoms with Crippen molar-refractivity contribution in [3.8, 4) is 0 Å². The second-order valence-electron chi connectivity index (χ2n) is 8.88. The Kier molecular flexibility index (Phi) is 10.3. The number of nitrogens with zero attached hydrogens (tertiary/aromatic N) is 3. The molecule has 1 unspecified atom stereocenters. The van der Waals surface area contributed by atoms with Gasteiger partial charge in [0.05, 0.1) is 52.0 Å². The highest BCUT2D eigenvalue weighted by atomic mass is 16.3. The van der Waals surface area contributed by atoms with E-state index in [1.54, 1.807) is 0 Å². The number of aliphatic hydroxyl groups excluding tert-OH is 6. The van der Waals surface area contributed by atoms with Gasteiger partial charge >= 0.3 is 0 Å². The van der Waals surface area contributed by atoms with Crippen molar-refractivity contribution in [2.45, 2.75) is 49.3 Å². The molecule has 0 radical (unpaired) electrons. The third-order valence-electron chi connectivity index (χ3n) is 5.39. The zero-order chi connectivity index (χ0) is 25.3. The Labute approximate surface area is 191 Å². The summed E-state index contributed by atoms with van der Waals surface area (Å²) in [4.78, 5) is 30.1. The van der Waals surface area contributed by atoms with Crippen molar-refractivity contribution < 1.29 is 40.2 Å². The summed E-state index contributed by atoms with van der Waals surface area (Å²) < 4.78 is 0. The number of amidine groups is 1. The van der Waals surface area contributed by atoms with Crippen LogP contribution in [0.4, 0.5) is 0 Å². The summed E-state index contributed by atoms with van der Waals surface area (Å²) in [6, 6.07) is 0. The van der Waals surface area contributed by atoms with Crippen LogP contribution in [0.1, 0.15) is 27.2 Å². The van der Waals surface area contributed by atoms with Crippen LogP contribution in [0.2, 0.25) is 0 Å².